The zero-order chi connectivity index (χ0) is 23.4. The van der Waals surface area contributed by atoms with E-state index in [0.29, 0.717) is 36.8 Å². The molecule has 1 fully saturated rings. The summed E-state index contributed by atoms with van der Waals surface area (Å²) in [5.74, 6) is 0.408. The maximum atomic E-state index is 13.6. The first kappa shape index (κ1) is 22.4. The molecule has 33 heavy (non-hydrogen) atoms. The molecule has 1 amide bonds. The van der Waals surface area contributed by atoms with E-state index in [4.69, 9.17) is 9.47 Å². The maximum absolute atomic E-state index is 13.6. The normalized spacial score (nSPS) is 15.4. The second-order valence-electron chi connectivity index (χ2n) is 7.84. The van der Waals surface area contributed by atoms with Crippen LogP contribution in [0.5, 0.6) is 5.75 Å². The highest BCUT2D eigenvalue weighted by Gasteiger charge is 2.28. The van der Waals surface area contributed by atoms with Gasteiger partial charge in [-0.2, -0.15) is 0 Å². The Labute approximate surface area is 190 Å². The number of methoxy groups -OCH3 is 1. The van der Waals surface area contributed by atoms with Crippen molar-refractivity contribution in [3.05, 3.63) is 75.6 Å². The van der Waals surface area contributed by atoms with Crippen molar-refractivity contribution in [2.75, 3.05) is 20.3 Å². The first-order valence-electron chi connectivity index (χ1n) is 10.7. The lowest BCUT2D eigenvalue weighted by atomic mass is 10.1. The highest BCUT2D eigenvalue weighted by Crippen LogP contribution is 2.24. The SMILES string of the molecule is COc1ccccc1CN(CC1CCCO1)C(=O)c1nnn(-c2cccc([N+](=O)[O-])c2)c1C. The molecular weight excluding hydrogens is 426 g/mol. The molecule has 10 heteroatoms. The first-order valence-corrected chi connectivity index (χ1v) is 10.7. The van der Waals surface area contributed by atoms with E-state index in [9.17, 15) is 14.9 Å². The van der Waals surface area contributed by atoms with Crippen molar-refractivity contribution < 1.29 is 19.2 Å². The molecule has 172 valence electrons. The molecule has 0 N–H and O–H groups in total. The van der Waals surface area contributed by atoms with Crippen LogP contribution >= 0.6 is 0 Å². The smallest absolute Gasteiger partial charge is 0.276 e. The number of rotatable bonds is 8. The summed E-state index contributed by atoms with van der Waals surface area (Å²) in [5.41, 5.74) is 1.96. The minimum Gasteiger partial charge on any atom is -0.496 e. The van der Waals surface area contributed by atoms with E-state index in [1.165, 1.54) is 16.8 Å². The molecule has 0 spiro atoms. The van der Waals surface area contributed by atoms with Crippen molar-refractivity contribution in [3.63, 3.8) is 0 Å². The van der Waals surface area contributed by atoms with Crippen molar-refractivity contribution in [3.8, 4) is 11.4 Å². The van der Waals surface area contributed by atoms with Gasteiger partial charge in [0, 0.05) is 37.4 Å². The predicted molar refractivity (Wildman–Crippen MR) is 119 cm³/mol. The Bertz CT molecular complexity index is 1160. The fourth-order valence-electron chi connectivity index (χ4n) is 3.95. The second kappa shape index (κ2) is 9.78. The number of benzene rings is 2. The number of ether oxygens (including phenoxy) is 2. The van der Waals surface area contributed by atoms with Crippen LogP contribution in [0.3, 0.4) is 0 Å². The van der Waals surface area contributed by atoms with E-state index in [0.717, 1.165) is 18.4 Å². The fourth-order valence-corrected chi connectivity index (χ4v) is 3.95. The lowest BCUT2D eigenvalue weighted by molar-refractivity contribution is -0.384. The largest absolute Gasteiger partial charge is 0.496 e. The highest BCUT2D eigenvalue weighted by molar-refractivity contribution is 5.93. The number of non-ortho nitro benzene ring substituents is 1. The summed E-state index contributed by atoms with van der Waals surface area (Å²) in [5, 5.41) is 19.4. The molecule has 0 bridgehead atoms. The fraction of sp³-hybridized carbons (Fsp3) is 0.348. The van der Waals surface area contributed by atoms with Gasteiger partial charge in [-0.25, -0.2) is 4.68 Å². The number of hydrogen-bond donors (Lipinski definition) is 0. The summed E-state index contributed by atoms with van der Waals surface area (Å²) in [6.07, 6.45) is 1.80. The van der Waals surface area contributed by atoms with Gasteiger partial charge >= 0.3 is 0 Å². The van der Waals surface area contributed by atoms with Crippen LogP contribution in [0, 0.1) is 17.0 Å². The third-order valence-corrected chi connectivity index (χ3v) is 5.67. The van der Waals surface area contributed by atoms with Crippen LogP contribution in [0.2, 0.25) is 0 Å². The van der Waals surface area contributed by atoms with Crippen LogP contribution in [0.1, 0.15) is 34.6 Å². The molecule has 4 rings (SSSR count). The topological polar surface area (TPSA) is 113 Å². The number of carbonyl (C=O) groups is 1. The van der Waals surface area contributed by atoms with Crippen LogP contribution in [-0.2, 0) is 11.3 Å². The molecule has 1 aliphatic rings. The van der Waals surface area contributed by atoms with E-state index in [1.807, 2.05) is 24.3 Å². The number of nitro benzene ring substituents is 1. The quantitative estimate of drug-likeness (QED) is 0.381. The average molecular weight is 451 g/mol. The van der Waals surface area contributed by atoms with Gasteiger partial charge in [0.1, 0.15) is 5.75 Å². The van der Waals surface area contributed by atoms with Gasteiger partial charge in [-0.1, -0.05) is 29.5 Å². The standard InChI is InChI=1S/C23H25N5O5/c1-16-22(24-25-27(16)18-8-5-9-19(13-18)28(30)31)23(29)26(15-20-10-6-12-33-20)14-17-7-3-4-11-21(17)32-2/h3-5,7-9,11,13,20H,6,10,12,14-15H2,1-2H3. The van der Waals surface area contributed by atoms with Gasteiger partial charge in [-0.3, -0.25) is 14.9 Å². The van der Waals surface area contributed by atoms with Gasteiger partial charge in [0.25, 0.3) is 11.6 Å². The number of carbonyl (C=O) groups excluding carboxylic acids is 1. The number of para-hydroxylation sites is 1. The van der Waals surface area contributed by atoms with E-state index in [-0.39, 0.29) is 23.4 Å². The monoisotopic (exact) mass is 451 g/mol. The molecule has 1 atom stereocenters. The number of nitrogens with zero attached hydrogens (tertiary/aromatic N) is 5. The van der Waals surface area contributed by atoms with Crippen molar-refractivity contribution in [2.24, 2.45) is 0 Å². The summed E-state index contributed by atoms with van der Waals surface area (Å²) in [6.45, 7) is 3.15. The molecule has 3 aromatic rings. The Hall–Kier alpha value is -3.79. The van der Waals surface area contributed by atoms with Crippen molar-refractivity contribution in [1.82, 2.24) is 19.9 Å². The zero-order valence-corrected chi connectivity index (χ0v) is 18.5. The minimum atomic E-state index is -0.474. The van der Waals surface area contributed by atoms with Gasteiger partial charge in [-0.15, -0.1) is 5.10 Å². The Balaban J connectivity index is 1.64. The van der Waals surface area contributed by atoms with Crippen molar-refractivity contribution >= 4 is 11.6 Å². The molecule has 1 unspecified atom stereocenters. The van der Waals surface area contributed by atoms with E-state index in [2.05, 4.69) is 10.3 Å². The number of aromatic nitrogens is 3. The predicted octanol–water partition coefficient (Wildman–Crippen LogP) is 3.31. The third kappa shape index (κ3) is 4.85. The highest BCUT2D eigenvalue weighted by atomic mass is 16.6. The van der Waals surface area contributed by atoms with Gasteiger partial charge < -0.3 is 14.4 Å². The molecule has 0 saturated carbocycles. The first-order chi connectivity index (χ1) is 16.0. The average Bonchev–Trinajstić information content (AvgIpc) is 3.48. The lowest BCUT2D eigenvalue weighted by Crippen LogP contribution is -2.37. The molecule has 1 aromatic heterocycles. The minimum absolute atomic E-state index is 0.0456. The summed E-state index contributed by atoms with van der Waals surface area (Å²) < 4.78 is 12.7. The van der Waals surface area contributed by atoms with Crippen LogP contribution < -0.4 is 4.74 Å². The maximum Gasteiger partial charge on any atom is 0.276 e. The van der Waals surface area contributed by atoms with E-state index in [1.54, 1.807) is 31.1 Å². The Morgan fingerprint density at radius 1 is 1.30 bits per heavy atom. The van der Waals surface area contributed by atoms with Gasteiger partial charge in [-0.05, 0) is 31.9 Å². The van der Waals surface area contributed by atoms with Crippen molar-refractivity contribution in [1.29, 1.82) is 0 Å². The number of nitro groups is 1. The summed E-state index contributed by atoms with van der Waals surface area (Å²) in [4.78, 5) is 25.9. The van der Waals surface area contributed by atoms with Gasteiger partial charge in [0.2, 0.25) is 0 Å². The van der Waals surface area contributed by atoms with Gasteiger partial charge in [0.15, 0.2) is 5.69 Å². The van der Waals surface area contributed by atoms with E-state index >= 15 is 0 Å². The Morgan fingerprint density at radius 2 is 2.12 bits per heavy atom. The van der Waals surface area contributed by atoms with Crippen LogP contribution in [0.15, 0.2) is 48.5 Å². The molecule has 1 aliphatic heterocycles. The number of hydrogen-bond acceptors (Lipinski definition) is 7. The third-order valence-electron chi connectivity index (χ3n) is 5.67. The number of amides is 1. The molecule has 2 heterocycles. The van der Waals surface area contributed by atoms with Crippen molar-refractivity contribution in [2.45, 2.75) is 32.4 Å². The lowest BCUT2D eigenvalue weighted by Gasteiger charge is -2.25. The molecule has 0 radical (unpaired) electrons. The van der Waals surface area contributed by atoms with E-state index < -0.39 is 4.92 Å². The Morgan fingerprint density at radius 3 is 2.85 bits per heavy atom. The molecule has 10 nitrogen and oxygen atoms in total. The summed E-state index contributed by atoms with van der Waals surface area (Å²) in [7, 11) is 1.60. The second-order valence-corrected chi connectivity index (χ2v) is 7.84. The van der Waals surface area contributed by atoms with Crippen LogP contribution in [-0.4, -0.2) is 57.1 Å². The molecule has 2 aromatic carbocycles. The zero-order valence-electron chi connectivity index (χ0n) is 18.5. The Kier molecular flexibility index (Phi) is 6.64. The van der Waals surface area contributed by atoms with Gasteiger partial charge in [0.05, 0.1) is 29.5 Å². The summed E-state index contributed by atoms with van der Waals surface area (Å²) in [6, 6.07) is 13.6. The molecule has 1 saturated heterocycles. The molecule has 0 aliphatic carbocycles. The van der Waals surface area contributed by atoms with Crippen LogP contribution in [0.4, 0.5) is 5.69 Å². The summed E-state index contributed by atoms with van der Waals surface area (Å²) >= 11 is 0. The van der Waals surface area contributed by atoms with Crippen LogP contribution in [0.25, 0.3) is 5.69 Å². The molecular formula is C23H25N5O5.